The van der Waals surface area contributed by atoms with E-state index in [0.29, 0.717) is 18.1 Å². The smallest absolute Gasteiger partial charge is 0.244 e. The molecule has 9 heteroatoms. The lowest BCUT2D eigenvalue weighted by Crippen LogP contribution is -2.39. The highest BCUT2D eigenvalue weighted by Gasteiger charge is 2.34. The van der Waals surface area contributed by atoms with Crippen molar-refractivity contribution >= 4 is 38.9 Å². The van der Waals surface area contributed by atoms with Gasteiger partial charge in [-0.15, -0.1) is 10.2 Å². The van der Waals surface area contributed by atoms with E-state index in [9.17, 15) is 8.42 Å². The van der Waals surface area contributed by atoms with Crippen molar-refractivity contribution in [3.8, 4) is 0 Å². The first kappa shape index (κ1) is 17.7. The largest absolute Gasteiger partial charge is 0.286 e. The summed E-state index contributed by atoms with van der Waals surface area (Å²) in [6.07, 6.45) is 3.49. The molecule has 136 valence electrons. The summed E-state index contributed by atoms with van der Waals surface area (Å²) in [4.78, 5) is 0.0402. The number of rotatable bonds is 3. The molecule has 26 heavy (non-hydrogen) atoms. The van der Waals surface area contributed by atoms with Crippen LogP contribution >= 0.6 is 23.2 Å². The second-order valence-electron chi connectivity index (χ2n) is 6.26. The zero-order valence-electron chi connectivity index (χ0n) is 13.7. The minimum atomic E-state index is -3.73. The third-order valence-electron chi connectivity index (χ3n) is 4.60. The van der Waals surface area contributed by atoms with Gasteiger partial charge < -0.3 is 0 Å². The molecular weight excluding hydrogens is 395 g/mol. The van der Waals surface area contributed by atoms with Gasteiger partial charge in [0.15, 0.2) is 5.65 Å². The molecule has 0 saturated carbocycles. The van der Waals surface area contributed by atoms with E-state index >= 15 is 0 Å². The van der Waals surface area contributed by atoms with Gasteiger partial charge in [0.1, 0.15) is 10.7 Å². The molecule has 1 aliphatic rings. The van der Waals surface area contributed by atoms with Gasteiger partial charge in [-0.1, -0.05) is 29.3 Å². The quantitative estimate of drug-likeness (QED) is 0.661. The zero-order valence-corrected chi connectivity index (χ0v) is 16.0. The molecule has 0 spiro atoms. The fraction of sp³-hybridized carbons (Fsp3) is 0.294. The van der Waals surface area contributed by atoms with Crippen LogP contribution < -0.4 is 0 Å². The van der Waals surface area contributed by atoms with Crippen molar-refractivity contribution < 1.29 is 8.42 Å². The van der Waals surface area contributed by atoms with Gasteiger partial charge in [0.2, 0.25) is 10.0 Å². The minimum absolute atomic E-state index is 0.0334. The highest BCUT2D eigenvalue weighted by atomic mass is 35.5. The molecule has 0 aliphatic carbocycles. The summed E-state index contributed by atoms with van der Waals surface area (Å²) < 4.78 is 29.5. The van der Waals surface area contributed by atoms with E-state index in [2.05, 4.69) is 10.2 Å². The van der Waals surface area contributed by atoms with E-state index in [-0.39, 0.29) is 15.8 Å². The van der Waals surface area contributed by atoms with Crippen LogP contribution in [0.3, 0.4) is 0 Å². The van der Waals surface area contributed by atoms with Crippen LogP contribution in [-0.4, -0.2) is 40.4 Å². The van der Waals surface area contributed by atoms with Gasteiger partial charge in [-0.3, -0.25) is 4.40 Å². The van der Waals surface area contributed by atoms with E-state index < -0.39 is 10.0 Å². The summed E-state index contributed by atoms with van der Waals surface area (Å²) in [5, 5.41) is 8.96. The molecule has 3 heterocycles. The number of nitrogens with zero attached hydrogens (tertiary/aromatic N) is 4. The number of hydrogen-bond donors (Lipinski definition) is 0. The van der Waals surface area contributed by atoms with Gasteiger partial charge in [0, 0.05) is 30.2 Å². The van der Waals surface area contributed by atoms with Crippen molar-refractivity contribution in [2.24, 2.45) is 0 Å². The zero-order chi connectivity index (χ0) is 18.3. The minimum Gasteiger partial charge on any atom is -0.286 e. The Morgan fingerprint density at radius 2 is 1.96 bits per heavy atom. The van der Waals surface area contributed by atoms with E-state index in [0.717, 1.165) is 24.3 Å². The highest BCUT2D eigenvalue weighted by Crippen LogP contribution is 2.33. The van der Waals surface area contributed by atoms with Crippen molar-refractivity contribution in [2.75, 3.05) is 13.1 Å². The average Bonchev–Trinajstić information content (AvgIpc) is 3.08. The molecule has 0 N–H and O–H groups in total. The molecule has 6 nitrogen and oxygen atoms in total. The summed E-state index contributed by atoms with van der Waals surface area (Å²) in [7, 11) is -3.73. The van der Waals surface area contributed by atoms with Crippen LogP contribution in [0.25, 0.3) is 5.65 Å². The van der Waals surface area contributed by atoms with Crippen molar-refractivity contribution in [1.82, 2.24) is 18.9 Å². The van der Waals surface area contributed by atoms with Gasteiger partial charge >= 0.3 is 0 Å². The van der Waals surface area contributed by atoms with Crippen LogP contribution in [0, 0.1) is 0 Å². The lowest BCUT2D eigenvalue weighted by molar-refractivity contribution is 0.308. The summed E-state index contributed by atoms with van der Waals surface area (Å²) >= 11 is 12.1. The van der Waals surface area contributed by atoms with E-state index in [1.54, 1.807) is 6.07 Å². The normalized spacial score (nSPS) is 19.1. The fourth-order valence-corrected chi connectivity index (χ4v) is 5.58. The van der Waals surface area contributed by atoms with Gasteiger partial charge in [-0.05, 0) is 43.2 Å². The summed E-state index contributed by atoms with van der Waals surface area (Å²) in [6.45, 7) is 0.777. The molecule has 1 fully saturated rings. The Morgan fingerprint density at radius 1 is 1.12 bits per heavy atom. The molecule has 2 aromatic heterocycles. The number of piperidine rings is 1. The predicted octanol–water partition coefficient (Wildman–Crippen LogP) is 3.60. The molecule has 1 aromatic carbocycles. The molecular formula is C17H16Cl2N4O2S. The molecule has 0 radical (unpaired) electrons. The maximum absolute atomic E-state index is 13.1. The number of hydrogen-bond acceptors (Lipinski definition) is 4. The third kappa shape index (κ3) is 3.09. The molecule has 1 aliphatic heterocycles. The number of pyridine rings is 1. The van der Waals surface area contributed by atoms with Gasteiger partial charge in [0.25, 0.3) is 0 Å². The summed E-state index contributed by atoms with van der Waals surface area (Å²) in [6, 6.07) is 10.2. The number of aromatic nitrogens is 3. The lowest BCUT2D eigenvalue weighted by Gasteiger charge is -2.31. The Bertz CT molecular complexity index is 1070. The van der Waals surface area contributed by atoms with Crippen LogP contribution in [0.1, 0.15) is 24.6 Å². The molecule has 1 atom stereocenters. The predicted molar refractivity (Wildman–Crippen MR) is 100 cm³/mol. The van der Waals surface area contributed by atoms with Crippen LogP contribution in [0.4, 0.5) is 0 Å². The fourth-order valence-electron chi connectivity index (χ4n) is 3.32. The molecule has 1 unspecified atom stereocenters. The molecule has 0 amide bonds. The average molecular weight is 411 g/mol. The molecule has 3 aromatic rings. The Kier molecular flexibility index (Phi) is 4.64. The second-order valence-corrected chi connectivity index (χ2v) is 9.01. The van der Waals surface area contributed by atoms with Crippen LogP contribution in [0.5, 0.6) is 0 Å². The highest BCUT2D eigenvalue weighted by molar-refractivity contribution is 7.89. The first-order chi connectivity index (χ1) is 12.5. The Hall–Kier alpha value is -1.67. The molecule has 4 rings (SSSR count). The Morgan fingerprint density at radius 3 is 2.81 bits per heavy atom. The molecule has 1 saturated heterocycles. The van der Waals surface area contributed by atoms with Crippen LogP contribution in [0.15, 0.2) is 47.5 Å². The monoisotopic (exact) mass is 410 g/mol. The van der Waals surface area contributed by atoms with E-state index in [1.165, 1.54) is 16.4 Å². The first-order valence-corrected chi connectivity index (χ1v) is 10.4. The van der Waals surface area contributed by atoms with E-state index in [4.69, 9.17) is 23.2 Å². The van der Waals surface area contributed by atoms with Gasteiger partial charge in [0.05, 0.1) is 5.02 Å². The van der Waals surface area contributed by atoms with Crippen LogP contribution in [0.2, 0.25) is 10.0 Å². The number of fused-ring (bicyclic) bond motifs is 1. The van der Waals surface area contributed by atoms with Crippen molar-refractivity contribution in [2.45, 2.75) is 23.7 Å². The van der Waals surface area contributed by atoms with Crippen molar-refractivity contribution in [1.29, 1.82) is 0 Å². The number of sulfonamides is 1. The van der Waals surface area contributed by atoms with Gasteiger partial charge in [-0.25, -0.2) is 8.42 Å². The molecule has 0 bridgehead atoms. The van der Waals surface area contributed by atoms with Crippen LogP contribution in [-0.2, 0) is 10.0 Å². The van der Waals surface area contributed by atoms with Gasteiger partial charge in [-0.2, -0.15) is 4.31 Å². The standard InChI is InChI=1S/C17H16Cl2N4O2S/c18-13-6-7-14(19)15(10-13)26(24,25)22-8-3-4-12(11-22)17-21-20-16-5-1-2-9-23(16)17/h1-2,5-7,9-10,12H,3-4,8,11H2. The maximum atomic E-state index is 13.1. The SMILES string of the molecule is O=S(=O)(c1cc(Cl)ccc1Cl)N1CCCC(c2nnc3ccccn23)C1. The number of halogens is 2. The summed E-state index contributed by atoms with van der Waals surface area (Å²) in [5.41, 5.74) is 0.750. The van der Waals surface area contributed by atoms with E-state index in [1.807, 2.05) is 28.8 Å². The Labute approximate surface area is 161 Å². The Balaban J connectivity index is 1.67. The maximum Gasteiger partial charge on any atom is 0.244 e. The second kappa shape index (κ2) is 6.81. The van der Waals surface area contributed by atoms with Crippen molar-refractivity contribution in [3.63, 3.8) is 0 Å². The summed E-state index contributed by atoms with van der Waals surface area (Å²) in [5.74, 6) is 0.742. The third-order valence-corrected chi connectivity index (χ3v) is 7.18. The topological polar surface area (TPSA) is 67.6 Å². The van der Waals surface area contributed by atoms with Crippen molar-refractivity contribution in [3.05, 3.63) is 58.5 Å². The lowest BCUT2D eigenvalue weighted by atomic mass is 9.99. The number of benzene rings is 1. The first-order valence-electron chi connectivity index (χ1n) is 8.21.